The molecule has 2 aromatic carbocycles. The Bertz CT molecular complexity index is 792. The molecule has 0 bridgehead atoms. The minimum absolute atomic E-state index is 0.606. The second-order valence-corrected chi connectivity index (χ2v) is 7.13. The molecule has 0 heterocycles. The van der Waals surface area contributed by atoms with Gasteiger partial charge in [-0.1, -0.05) is 25.1 Å². The third-order valence-electron chi connectivity index (χ3n) is 4.61. The zero-order valence-electron chi connectivity index (χ0n) is 17.7. The lowest BCUT2D eigenvalue weighted by Gasteiger charge is -2.26. The lowest BCUT2D eigenvalue weighted by Crippen LogP contribution is -2.35. The topological polar surface area (TPSA) is 33.7 Å². The summed E-state index contributed by atoms with van der Waals surface area (Å²) in [6.07, 6.45) is 1.02. The SMILES string of the molecule is CCCN(Cc1ccc(OCC)c(OCC)c1)C(=S)Nc1cccc(C)c1C. The van der Waals surface area contributed by atoms with E-state index in [0.717, 1.165) is 47.4 Å². The fraction of sp³-hybridized carbons (Fsp3) is 0.435. The van der Waals surface area contributed by atoms with Crippen LogP contribution in [0.5, 0.6) is 11.5 Å². The third kappa shape index (κ3) is 5.86. The van der Waals surface area contributed by atoms with Crippen molar-refractivity contribution < 1.29 is 9.47 Å². The average molecular weight is 401 g/mol. The van der Waals surface area contributed by atoms with Gasteiger partial charge in [-0.25, -0.2) is 0 Å². The summed E-state index contributed by atoms with van der Waals surface area (Å²) in [5.74, 6) is 1.57. The zero-order chi connectivity index (χ0) is 20.5. The molecule has 0 atom stereocenters. The maximum absolute atomic E-state index is 5.76. The van der Waals surface area contributed by atoms with E-state index in [9.17, 15) is 0 Å². The molecule has 0 fully saturated rings. The quantitative estimate of drug-likeness (QED) is 0.545. The Hall–Kier alpha value is -2.27. The van der Waals surface area contributed by atoms with Crippen LogP contribution in [0.2, 0.25) is 0 Å². The molecule has 0 unspecified atom stereocenters. The summed E-state index contributed by atoms with van der Waals surface area (Å²) >= 11 is 5.74. The molecule has 1 N–H and O–H groups in total. The van der Waals surface area contributed by atoms with E-state index < -0.39 is 0 Å². The Morgan fingerprint density at radius 1 is 1.00 bits per heavy atom. The highest BCUT2D eigenvalue weighted by molar-refractivity contribution is 7.80. The number of anilines is 1. The average Bonchev–Trinajstić information content (AvgIpc) is 2.67. The van der Waals surface area contributed by atoms with E-state index in [1.807, 2.05) is 19.9 Å². The predicted molar refractivity (Wildman–Crippen MR) is 122 cm³/mol. The lowest BCUT2D eigenvalue weighted by molar-refractivity contribution is 0.287. The van der Waals surface area contributed by atoms with Crippen molar-refractivity contribution in [3.05, 3.63) is 53.1 Å². The fourth-order valence-corrected chi connectivity index (χ4v) is 3.28. The van der Waals surface area contributed by atoms with Crippen LogP contribution in [0.25, 0.3) is 0 Å². The molecule has 0 spiro atoms. The van der Waals surface area contributed by atoms with Crippen molar-refractivity contribution in [1.82, 2.24) is 4.90 Å². The van der Waals surface area contributed by atoms with Crippen LogP contribution in [0.1, 0.15) is 43.9 Å². The molecule has 0 aliphatic carbocycles. The van der Waals surface area contributed by atoms with Gasteiger partial charge in [-0.3, -0.25) is 0 Å². The molecule has 2 rings (SSSR count). The Morgan fingerprint density at radius 2 is 1.71 bits per heavy atom. The summed E-state index contributed by atoms with van der Waals surface area (Å²) in [5.41, 5.74) is 4.68. The number of thiocarbonyl (C=S) groups is 1. The van der Waals surface area contributed by atoms with Crippen molar-refractivity contribution in [1.29, 1.82) is 0 Å². The van der Waals surface area contributed by atoms with E-state index in [-0.39, 0.29) is 0 Å². The van der Waals surface area contributed by atoms with Crippen molar-refractivity contribution in [2.75, 3.05) is 25.1 Å². The fourth-order valence-electron chi connectivity index (χ4n) is 3.02. The number of hydrogen-bond acceptors (Lipinski definition) is 3. The van der Waals surface area contributed by atoms with Crippen LogP contribution in [-0.2, 0) is 6.54 Å². The minimum Gasteiger partial charge on any atom is -0.490 e. The standard InChI is InChI=1S/C23H32N2O2S/c1-6-14-25(23(28)24-20-11-9-10-17(4)18(20)5)16-19-12-13-21(26-7-2)22(15-19)27-8-3/h9-13,15H,6-8,14,16H2,1-5H3,(H,24,28). The normalized spacial score (nSPS) is 10.5. The number of ether oxygens (including phenoxy) is 2. The molecule has 4 nitrogen and oxygen atoms in total. The molecular weight excluding hydrogens is 368 g/mol. The molecule has 152 valence electrons. The summed E-state index contributed by atoms with van der Waals surface area (Å²) in [5, 5.41) is 4.17. The molecule has 28 heavy (non-hydrogen) atoms. The zero-order valence-corrected chi connectivity index (χ0v) is 18.5. The maximum Gasteiger partial charge on any atom is 0.173 e. The molecule has 5 heteroatoms. The van der Waals surface area contributed by atoms with Crippen molar-refractivity contribution in [3.63, 3.8) is 0 Å². The van der Waals surface area contributed by atoms with E-state index in [4.69, 9.17) is 21.7 Å². The van der Waals surface area contributed by atoms with Gasteiger partial charge in [0.2, 0.25) is 0 Å². The van der Waals surface area contributed by atoms with Gasteiger partial charge in [-0.05, 0) is 81.2 Å². The Balaban J connectivity index is 2.18. The number of hydrogen-bond donors (Lipinski definition) is 1. The van der Waals surface area contributed by atoms with Gasteiger partial charge in [0.15, 0.2) is 16.6 Å². The molecule has 0 aliphatic rings. The second kappa shape index (κ2) is 10.9. The number of nitrogens with one attached hydrogen (secondary N) is 1. The molecule has 0 aliphatic heterocycles. The van der Waals surface area contributed by atoms with Crippen LogP contribution in [0, 0.1) is 13.8 Å². The van der Waals surface area contributed by atoms with Crippen LogP contribution in [0.4, 0.5) is 5.69 Å². The summed E-state index contributed by atoms with van der Waals surface area (Å²) < 4.78 is 11.4. The number of benzene rings is 2. The Kier molecular flexibility index (Phi) is 8.58. The number of rotatable bonds is 9. The van der Waals surface area contributed by atoms with Crippen molar-refractivity contribution in [2.24, 2.45) is 0 Å². The molecule has 0 aromatic heterocycles. The van der Waals surface area contributed by atoms with Crippen LogP contribution >= 0.6 is 12.2 Å². The van der Waals surface area contributed by atoms with E-state index in [1.54, 1.807) is 0 Å². The largest absolute Gasteiger partial charge is 0.490 e. The van der Waals surface area contributed by atoms with Gasteiger partial charge in [0.05, 0.1) is 13.2 Å². The first-order valence-electron chi connectivity index (χ1n) is 10.0. The number of aryl methyl sites for hydroxylation is 1. The van der Waals surface area contributed by atoms with Gasteiger partial charge in [0, 0.05) is 18.8 Å². The predicted octanol–water partition coefficient (Wildman–Crippen LogP) is 5.71. The number of nitrogens with zero attached hydrogens (tertiary/aromatic N) is 1. The van der Waals surface area contributed by atoms with Crippen LogP contribution in [0.3, 0.4) is 0 Å². The maximum atomic E-state index is 5.76. The van der Waals surface area contributed by atoms with E-state index >= 15 is 0 Å². The van der Waals surface area contributed by atoms with Crippen molar-refractivity contribution >= 4 is 23.0 Å². The van der Waals surface area contributed by atoms with Crippen LogP contribution < -0.4 is 14.8 Å². The molecule has 0 radical (unpaired) electrons. The summed E-state index contributed by atoms with van der Waals surface area (Å²) in [7, 11) is 0. The molecule has 0 saturated carbocycles. The monoisotopic (exact) mass is 400 g/mol. The van der Waals surface area contributed by atoms with Crippen LogP contribution in [0.15, 0.2) is 36.4 Å². The molecule has 0 amide bonds. The smallest absolute Gasteiger partial charge is 0.173 e. The highest BCUT2D eigenvalue weighted by Gasteiger charge is 2.13. The van der Waals surface area contributed by atoms with E-state index in [2.05, 4.69) is 61.3 Å². The van der Waals surface area contributed by atoms with Gasteiger partial charge in [0.1, 0.15) is 0 Å². The summed E-state index contributed by atoms with van der Waals surface area (Å²) in [6, 6.07) is 12.4. The second-order valence-electron chi connectivity index (χ2n) is 6.75. The van der Waals surface area contributed by atoms with Crippen LogP contribution in [-0.4, -0.2) is 29.8 Å². The van der Waals surface area contributed by atoms with Gasteiger partial charge in [-0.15, -0.1) is 0 Å². The Labute approximate surface area is 174 Å². The lowest BCUT2D eigenvalue weighted by atomic mass is 10.1. The first-order chi connectivity index (χ1) is 13.5. The molecule has 0 saturated heterocycles. The van der Waals surface area contributed by atoms with E-state index in [0.29, 0.717) is 13.2 Å². The Morgan fingerprint density at radius 3 is 2.39 bits per heavy atom. The van der Waals surface area contributed by atoms with Gasteiger partial charge in [0.25, 0.3) is 0 Å². The van der Waals surface area contributed by atoms with Gasteiger partial charge < -0.3 is 19.7 Å². The minimum atomic E-state index is 0.606. The summed E-state index contributed by atoms with van der Waals surface area (Å²) in [4.78, 5) is 2.20. The first kappa shape index (κ1) is 22.0. The highest BCUT2D eigenvalue weighted by Crippen LogP contribution is 2.29. The van der Waals surface area contributed by atoms with E-state index in [1.165, 1.54) is 11.1 Å². The summed E-state index contributed by atoms with van der Waals surface area (Å²) in [6.45, 7) is 13.2. The molecule has 2 aromatic rings. The third-order valence-corrected chi connectivity index (χ3v) is 4.97. The highest BCUT2D eigenvalue weighted by atomic mass is 32.1. The van der Waals surface area contributed by atoms with Gasteiger partial charge >= 0.3 is 0 Å². The van der Waals surface area contributed by atoms with Crippen molar-refractivity contribution in [3.8, 4) is 11.5 Å². The first-order valence-corrected chi connectivity index (χ1v) is 10.4. The molecular formula is C23H32N2O2S. The van der Waals surface area contributed by atoms with Crippen molar-refractivity contribution in [2.45, 2.75) is 47.6 Å². The van der Waals surface area contributed by atoms with Gasteiger partial charge in [-0.2, -0.15) is 0 Å².